The lowest BCUT2D eigenvalue weighted by atomic mass is 10.0. The van der Waals surface area contributed by atoms with Gasteiger partial charge in [0.05, 0.1) is 0 Å². The molecule has 18 heavy (non-hydrogen) atoms. The van der Waals surface area contributed by atoms with Crippen LogP contribution in [0.15, 0.2) is 16.5 Å². The molecule has 0 fully saturated rings. The molecule has 1 N–H and O–H groups in total. The Hall–Kier alpha value is -1.78. The van der Waals surface area contributed by atoms with E-state index in [1.165, 1.54) is 0 Å². The SMILES string of the molecule is Cc1ccc(C(C)(C=O)NC(=O)OC(C)(C)C)o1. The molecule has 1 heterocycles. The highest BCUT2D eigenvalue weighted by Gasteiger charge is 2.33. The van der Waals surface area contributed by atoms with Crippen LogP contribution in [0.1, 0.15) is 39.2 Å². The first-order valence-corrected chi connectivity index (χ1v) is 5.71. The van der Waals surface area contributed by atoms with Crippen LogP contribution in [0.4, 0.5) is 4.79 Å². The standard InChI is InChI=1S/C13H19NO4/c1-9-6-7-10(17-9)13(5,8-15)14-11(16)18-12(2,3)4/h6-8H,1-5H3,(H,14,16). The predicted molar refractivity (Wildman–Crippen MR) is 66.2 cm³/mol. The van der Waals surface area contributed by atoms with Gasteiger partial charge in [-0.25, -0.2) is 4.79 Å². The average molecular weight is 253 g/mol. The van der Waals surface area contributed by atoms with E-state index in [9.17, 15) is 9.59 Å². The second-order valence-electron chi connectivity index (χ2n) is 5.36. The topological polar surface area (TPSA) is 68.5 Å². The van der Waals surface area contributed by atoms with Gasteiger partial charge in [0.25, 0.3) is 0 Å². The minimum absolute atomic E-state index is 0.376. The minimum atomic E-state index is -1.23. The smallest absolute Gasteiger partial charge is 0.408 e. The molecule has 1 amide bonds. The highest BCUT2D eigenvalue weighted by Crippen LogP contribution is 2.21. The Morgan fingerprint density at radius 3 is 2.33 bits per heavy atom. The average Bonchev–Trinajstić information content (AvgIpc) is 2.62. The first-order chi connectivity index (χ1) is 8.16. The summed E-state index contributed by atoms with van der Waals surface area (Å²) in [5, 5.41) is 2.51. The highest BCUT2D eigenvalue weighted by molar-refractivity contribution is 5.77. The lowest BCUT2D eigenvalue weighted by molar-refractivity contribution is -0.113. The molecule has 1 unspecified atom stereocenters. The number of nitrogens with one attached hydrogen (secondary N) is 1. The van der Waals surface area contributed by atoms with Crippen LogP contribution in [-0.2, 0) is 15.1 Å². The molecule has 0 aliphatic rings. The first-order valence-electron chi connectivity index (χ1n) is 5.71. The fourth-order valence-corrected chi connectivity index (χ4v) is 1.38. The van der Waals surface area contributed by atoms with Crippen molar-refractivity contribution in [2.45, 2.75) is 45.8 Å². The Morgan fingerprint density at radius 2 is 1.94 bits per heavy atom. The van der Waals surface area contributed by atoms with Gasteiger partial charge in [-0.1, -0.05) is 0 Å². The predicted octanol–water partition coefficient (Wildman–Crippen LogP) is 2.53. The number of aryl methyl sites for hydroxylation is 1. The van der Waals surface area contributed by atoms with Crippen molar-refractivity contribution in [3.8, 4) is 0 Å². The molecule has 0 saturated carbocycles. The second kappa shape index (κ2) is 4.84. The van der Waals surface area contributed by atoms with Crippen molar-refractivity contribution in [1.82, 2.24) is 5.32 Å². The zero-order valence-electron chi connectivity index (χ0n) is 11.4. The van der Waals surface area contributed by atoms with Crippen molar-refractivity contribution in [3.63, 3.8) is 0 Å². The van der Waals surface area contributed by atoms with E-state index in [1.807, 2.05) is 0 Å². The third-order valence-corrected chi connectivity index (χ3v) is 2.25. The molecule has 1 atom stereocenters. The largest absolute Gasteiger partial charge is 0.463 e. The molecule has 0 aliphatic heterocycles. The minimum Gasteiger partial charge on any atom is -0.463 e. The van der Waals surface area contributed by atoms with Crippen molar-refractivity contribution in [3.05, 3.63) is 23.7 Å². The number of aldehydes is 1. The molecule has 0 radical (unpaired) electrons. The summed E-state index contributed by atoms with van der Waals surface area (Å²) < 4.78 is 10.5. The van der Waals surface area contributed by atoms with E-state index in [2.05, 4.69) is 5.32 Å². The number of rotatable bonds is 3. The van der Waals surface area contributed by atoms with Gasteiger partial charge in [-0.3, -0.25) is 0 Å². The van der Waals surface area contributed by atoms with Crippen LogP contribution in [-0.4, -0.2) is 18.0 Å². The number of furan rings is 1. The summed E-state index contributed by atoms with van der Waals surface area (Å²) in [6, 6.07) is 3.38. The van der Waals surface area contributed by atoms with Crippen LogP contribution in [0.5, 0.6) is 0 Å². The summed E-state index contributed by atoms with van der Waals surface area (Å²) in [6.45, 7) is 8.58. The molecule has 100 valence electrons. The van der Waals surface area contributed by atoms with Crippen LogP contribution in [0.25, 0.3) is 0 Å². The van der Waals surface area contributed by atoms with Gasteiger partial charge in [0, 0.05) is 0 Å². The zero-order valence-corrected chi connectivity index (χ0v) is 11.4. The number of amides is 1. The van der Waals surface area contributed by atoms with Gasteiger partial charge >= 0.3 is 6.09 Å². The van der Waals surface area contributed by atoms with Crippen molar-refractivity contribution in [1.29, 1.82) is 0 Å². The van der Waals surface area contributed by atoms with E-state index in [4.69, 9.17) is 9.15 Å². The number of alkyl carbamates (subject to hydrolysis) is 1. The van der Waals surface area contributed by atoms with E-state index >= 15 is 0 Å². The van der Waals surface area contributed by atoms with E-state index in [0.717, 1.165) is 0 Å². The quantitative estimate of drug-likeness (QED) is 0.840. The lowest BCUT2D eigenvalue weighted by Gasteiger charge is -2.26. The van der Waals surface area contributed by atoms with Crippen LogP contribution >= 0.6 is 0 Å². The Kier molecular flexibility index (Phi) is 3.84. The van der Waals surface area contributed by atoms with Crippen LogP contribution in [0.2, 0.25) is 0 Å². The maximum absolute atomic E-state index is 11.7. The molecule has 0 aliphatic carbocycles. The number of carbonyl (C=O) groups is 2. The van der Waals surface area contributed by atoms with Gasteiger partial charge in [0.2, 0.25) is 0 Å². The molecule has 5 nitrogen and oxygen atoms in total. The van der Waals surface area contributed by atoms with Gasteiger partial charge in [-0.05, 0) is 46.8 Å². The maximum atomic E-state index is 11.7. The normalized spacial score (nSPS) is 14.7. The summed E-state index contributed by atoms with van der Waals surface area (Å²) in [5.74, 6) is 1.05. The van der Waals surface area contributed by atoms with E-state index in [-0.39, 0.29) is 0 Å². The summed E-state index contributed by atoms with van der Waals surface area (Å²) in [4.78, 5) is 22.9. The molecule has 5 heteroatoms. The van der Waals surface area contributed by atoms with Crippen molar-refractivity contribution < 1.29 is 18.7 Å². The maximum Gasteiger partial charge on any atom is 0.408 e. The summed E-state index contributed by atoms with van der Waals surface area (Å²) in [6.07, 6.45) is -0.0407. The van der Waals surface area contributed by atoms with Gasteiger partial charge in [-0.2, -0.15) is 0 Å². The van der Waals surface area contributed by atoms with Crippen molar-refractivity contribution in [2.24, 2.45) is 0 Å². The van der Waals surface area contributed by atoms with Crippen LogP contribution in [0, 0.1) is 6.92 Å². The van der Waals surface area contributed by atoms with E-state index in [1.54, 1.807) is 46.8 Å². The molecule has 0 saturated heterocycles. The van der Waals surface area contributed by atoms with E-state index < -0.39 is 17.2 Å². The fourth-order valence-electron chi connectivity index (χ4n) is 1.38. The van der Waals surface area contributed by atoms with Gasteiger partial charge in [0.15, 0.2) is 11.8 Å². The van der Waals surface area contributed by atoms with E-state index in [0.29, 0.717) is 17.8 Å². The molecule has 0 bridgehead atoms. The van der Waals surface area contributed by atoms with Gasteiger partial charge < -0.3 is 19.3 Å². The summed E-state index contributed by atoms with van der Waals surface area (Å²) >= 11 is 0. The number of hydrogen-bond acceptors (Lipinski definition) is 4. The Labute approximate surface area is 106 Å². The summed E-state index contributed by atoms with van der Waals surface area (Å²) in [5.41, 5.74) is -1.84. The monoisotopic (exact) mass is 253 g/mol. The van der Waals surface area contributed by atoms with Crippen molar-refractivity contribution in [2.75, 3.05) is 0 Å². The second-order valence-corrected chi connectivity index (χ2v) is 5.36. The third kappa shape index (κ3) is 3.61. The Morgan fingerprint density at radius 1 is 1.33 bits per heavy atom. The lowest BCUT2D eigenvalue weighted by Crippen LogP contribution is -2.46. The Balaban J connectivity index is 2.84. The number of ether oxygens (including phenoxy) is 1. The molecule has 0 aromatic carbocycles. The third-order valence-electron chi connectivity index (χ3n) is 2.25. The van der Waals surface area contributed by atoms with Gasteiger partial charge in [0.1, 0.15) is 17.1 Å². The number of carbonyl (C=O) groups excluding carboxylic acids is 2. The first kappa shape index (κ1) is 14.3. The highest BCUT2D eigenvalue weighted by atomic mass is 16.6. The molecule has 0 spiro atoms. The molecule has 1 aromatic rings. The number of hydrogen-bond donors (Lipinski definition) is 1. The Bertz CT molecular complexity index is 444. The van der Waals surface area contributed by atoms with Crippen molar-refractivity contribution >= 4 is 12.4 Å². The van der Waals surface area contributed by atoms with Crippen LogP contribution < -0.4 is 5.32 Å². The molecule has 1 aromatic heterocycles. The zero-order chi connectivity index (χ0) is 14.0. The fraction of sp³-hybridized carbons (Fsp3) is 0.538. The molecular formula is C13H19NO4. The van der Waals surface area contributed by atoms with Crippen LogP contribution in [0.3, 0.4) is 0 Å². The molecular weight excluding hydrogens is 234 g/mol. The molecule has 1 rings (SSSR count). The summed E-state index contributed by atoms with van der Waals surface area (Å²) in [7, 11) is 0. The van der Waals surface area contributed by atoms with Gasteiger partial charge in [-0.15, -0.1) is 0 Å².